The second-order valence-electron chi connectivity index (χ2n) is 5.00. The van der Waals surface area contributed by atoms with Crippen molar-refractivity contribution in [1.29, 1.82) is 0 Å². The standard InChI is InChI=1S/C17H10Br3N3O2/c18-11-7-12(19)16(24)15(20)10(11)8-21-23-17(25)14-6-5-9-3-1-2-4-13(9)22-14/h1-8,24H,(H,23,25). The van der Waals surface area contributed by atoms with E-state index < -0.39 is 5.91 Å². The molecule has 0 radical (unpaired) electrons. The molecule has 25 heavy (non-hydrogen) atoms. The minimum absolute atomic E-state index is 0.0483. The molecule has 0 spiro atoms. The van der Waals surface area contributed by atoms with Crippen molar-refractivity contribution >= 4 is 70.8 Å². The molecule has 0 saturated heterocycles. The molecule has 3 rings (SSSR count). The van der Waals surface area contributed by atoms with Gasteiger partial charge in [0.15, 0.2) is 0 Å². The van der Waals surface area contributed by atoms with Crippen LogP contribution in [0.25, 0.3) is 10.9 Å². The maximum Gasteiger partial charge on any atom is 0.289 e. The smallest absolute Gasteiger partial charge is 0.289 e. The summed E-state index contributed by atoms with van der Waals surface area (Å²) in [5.41, 5.74) is 4.03. The van der Waals surface area contributed by atoms with E-state index in [9.17, 15) is 9.90 Å². The third-order valence-electron chi connectivity index (χ3n) is 3.37. The maximum atomic E-state index is 12.2. The number of nitrogens with one attached hydrogen (secondary N) is 1. The van der Waals surface area contributed by atoms with Gasteiger partial charge in [-0.05, 0) is 50.1 Å². The third-order valence-corrected chi connectivity index (χ3v) is 5.44. The van der Waals surface area contributed by atoms with Crippen LogP contribution in [0.15, 0.2) is 61.0 Å². The van der Waals surface area contributed by atoms with Crippen LogP contribution in [-0.2, 0) is 0 Å². The first-order chi connectivity index (χ1) is 12.0. The number of benzene rings is 2. The number of amides is 1. The molecule has 8 heteroatoms. The lowest BCUT2D eigenvalue weighted by Gasteiger charge is -2.07. The molecular weight excluding hydrogens is 518 g/mol. The summed E-state index contributed by atoms with van der Waals surface area (Å²) >= 11 is 9.92. The molecule has 2 N–H and O–H groups in total. The minimum atomic E-state index is -0.421. The summed E-state index contributed by atoms with van der Waals surface area (Å²) < 4.78 is 1.69. The van der Waals surface area contributed by atoms with E-state index in [-0.39, 0.29) is 11.4 Å². The largest absolute Gasteiger partial charge is 0.506 e. The molecule has 0 atom stereocenters. The molecule has 5 nitrogen and oxygen atoms in total. The Bertz CT molecular complexity index is 1010. The number of pyridine rings is 1. The van der Waals surface area contributed by atoms with E-state index in [1.54, 1.807) is 12.1 Å². The average molecular weight is 528 g/mol. The number of phenolic OH excluding ortho intramolecular Hbond substituents is 1. The third kappa shape index (κ3) is 3.91. The second kappa shape index (κ2) is 7.63. The summed E-state index contributed by atoms with van der Waals surface area (Å²) in [6.07, 6.45) is 1.43. The first kappa shape index (κ1) is 18.0. The lowest BCUT2D eigenvalue weighted by molar-refractivity contribution is 0.0950. The highest BCUT2D eigenvalue weighted by atomic mass is 79.9. The molecule has 0 fully saturated rings. The monoisotopic (exact) mass is 525 g/mol. The molecule has 1 aromatic heterocycles. The molecule has 0 aliphatic carbocycles. The fraction of sp³-hybridized carbons (Fsp3) is 0. The van der Waals surface area contributed by atoms with Crippen molar-refractivity contribution in [3.8, 4) is 5.75 Å². The van der Waals surface area contributed by atoms with Crippen LogP contribution in [0.3, 0.4) is 0 Å². The summed E-state index contributed by atoms with van der Waals surface area (Å²) in [4.78, 5) is 16.5. The van der Waals surface area contributed by atoms with Crippen molar-refractivity contribution in [1.82, 2.24) is 10.4 Å². The van der Waals surface area contributed by atoms with Gasteiger partial charge in [-0.15, -0.1) is 0 Å². The molecule has 0 saturated carbocycles. The number of nitrogens with zero attached hydrogens (tertiary/aromatic N) is 2. The number of carbonyl (C=O) groups excluding carboxylic acids is 1. The van der Waals surface area contributed by atoms with Gasteiger partial charge in [0.25, 0.3) is 5.91 Å². The van der Waals surface area contributed by atoms with Crippen molar-refractivity contribution in [2.45, 2.75) is 0 Å². The molecule has 0 aliphatic heterocycles. The summed E-state index contributed by atoms with van der Waals surface area (Å²) in [7, 11) is 0. The van der Waals surface area contributed by atoms with E-state index in [1.165, 1.54) is 6.21 Å². The predicted molar refractivity (Wildman–Crippen MR) is 108 cm³/mol. The van der Waals surface area contributed by atoms with Crippen molar-refractivity contribution in [2.24, 2.45) is 5.10 Å². The summed E-state index contributed by atoms with van der Waals surface area (Å²) in [5.74, 6) is -0.372. The number of fused-ring (bicyclic) bond motifs is 1. The first-order valence-corrected chi connectivity index (χ1v) is 9.41. The molecule has 2 aromatic carbocycles. The van der Waals surface area contributed by atoms with Gasteiger partial charge in [-0.2, -0.15) is 5.10 Å². The lowest BCUT2D eigenvalue weighted by atomic mass is 10.2. The number of phenols is 1. The first-order valence-electron chi connectivity index (χ1n) is 7.03. The predicted octanol–water partition coefficient (Wildman–Crippen LogP) is 4.99. The quantitative estimate of drug-likeness (QED) is 0.372. The van der Waals surface area contributed by atoms with E-state index in [1.807, 2.05) is 30.3 Å². The van der Waals surface area contributed by atoms with Gasteiger partial charge in [0.1, 0.15) is 11.4 Å². The Hall–Kier alpha value is -1.77. The van der Waals surface area contributed by atoms with Crippen LogP contribution in [0.4, 0.5) is 0 Å². The Morgan fingerprint density at radius 2 is 1.88 bits per heavy atom. The van der Waals surface area contributed by atoms with E-state index in [2.05, 4.69) is 63.3 Å². The molecule has 126 valence electrons. The highest BCUT2D eigenvalue weighted by Crippen LogP contribution is 2.38. The molecular formula is C17H10Br3N3O2. The van der Waals surface area contributed by atoms with Gasteiger partial charge in [0.05, 0.1) is 20.7 Å². The number of hydrogen-bond donors (Lipinski definition) is 2. The number of aromatic hydroxyl groups is 1. The summed E-state index contributed by atoms with van der Waals surface area (Å²) in [5, 5.41) is 14.8. The van der Waals surface area contributed by atoms with Gasteiger partial charge < -0.3 is 5.11 Å². The Balaban J connectivity index is 1.80. The summed E-state index contributed by atoms with van der Waals surface area (Å²) in [6, 6.07) is 12.7. The zero-order valence-electron chi connectivity index (χ0n) is 12.5. The highest BCUT2D eigenvalue weighted by Gasteiger charge is 2.12. The SMILES string of the molecule is O=C(NN=Cc1c(Br)cc(Br)c(O)c1Br)c1ccc2ccccc2n1. The Morgan fingerprint density at radius 3 is 2.68 bits per heavy atom. The van der Waals surface area contributed by atoms with Crippen LogP contribution < -0.4 is 5.43 Å². The molecule has 1 heterocycles. The van der Waals surface area contributed by atoms with Gasteiger partial charge in [0, 0.05) is 15.4 Å². The van der Waals surface area contributed by atoms with Crippen molar-refractivity contribution in [3.05, 3.63) is 67.1 Å². The van der Waals surface area contributed by atoms with E-state index in [0.717, 1.165) is 10.9 Å². The van der Waals surface area contributed by atoms with Gasteiger partial charge in [-0.3, -0.25) is 4.79 Å². The highest BCUT2D eigenvalue weighted by molar-refractivity contribution is 9.11. The van der Waals surface area contributed by atoms with Crippen LogP contribution in [0, 0.1) is 0 Å². The van der Waals surface area contributed by atoms with Crippen molar-refractivity contribution in [2.75, 3.05) is 0 Å². The van der Waals surface area contributed by atoms with Gasteiger partial charge in [-0.25, -0.2) is 10.4 Å². The Kier molecular flexibility index (Phi) is 5.51. The lowest BCUT2D eigenvalue weighted by Crippen LogP contribution is -2.19. The van der Waals surface area contributed by atoms with Crippen LogP contribution in [-0.4, -0.2) is 22.2 Å². The van der Waals surface area contributed by atoms with Gasteiger partial charge in [0.2, 0.25) is 0 Å². The van der Waals surface area contributed by atoms with Crippen LogP contribution >= 0.6 is 47.8 Å². The van der Waals surface area contributed by atoms with E-state index in [4.69, 9.17) is 0 Å². The number of aromatic nitrogens is 1. The summed E-state index contributed by atoms with van der Waals surface area (Å²) in [6.45, 7) is 0. The van der Waals surface area contributed by atoms with Crippen LogP contribution in [0.2, 0.25) is 0 Å². The zero-order chi connectivity index (χ0) is 18.0. The number of para-hydroxylation sites is 1. The van der Waals surface area contributed by atoms with E-state index in [0.29, 0.717) is 19.0 Å². The molecule has 0 bridgehead atoms. The number of carbonyl (C=O) groups is 1. The average Bonchev–Trinajstić information content (AvgIpc) is 2.62. The Labute approximate surface area is 168 Å². The normalized spacial score (nSPS) is 11.2. The fourth-order valence-corrected chi connectivity index (χ4v) is 4.44. The number of halogens is 3. The van der Waals surface area contributed by atoms with Gasteiger partial charge >= 0.3 is 0 Å². The molecule has 0 unspecified atom stereocenters. The van der Waals surface area contributed by atoms with Crippen molar-refractivity contribution < 1.29 is 9.90 Å². The molecule has 1 amide bonds. The second-order valence-corrected chi connectivity index (χ2v) is 7.51. The number of hydrazone groups is 1. The molecule has 0 aliphatic rings. The maximum absolute atomic E-state index is 12.2. The number of rotatable bonds is 3. The fourth-order valence-electron chi connectivity index (χ4n) is 2.12. The van der Waals surface area contributed by atoms with Crippen LogP contribution in [0.1, 0.15) is 16.1 Å². The van der Waals surface area contributed by atoms with Crippen molar-refractivity contribution in [3.63, 3.8) is 0 Å². The van der Waals surface area contributed by atoms with E-state index >= 15 is 0 Å². The minimum Gasteiger partial charge on any atom is -0.506 e. The van der Waals surface area contributed by atoms with Gasteiger partial charge in [-0.1, -0.05) is 40.2 Å². The zero-order valence-corrected chi connectivity index (χ0v) is 17.3. The van der Waals surface area contributed by atoms with Crippen LogP contribution in [0.5, 0.6) is 5.75 Å². The number of hydrogen-bond acceptors (Lipinski definition) is 4. The topological polar surface area (TPSA) is 74.6 Å². The Morgan fingerprint density at radius 1 is 1.12 bits per heavy atom. The molecule has 3 aromatic rings.